The maximum absolute atomic E-state index is 12.5. The number of nitrogens with one attached hydrogen (secondary N) is 1. The summed E-state index contributed by atoms with van der Waals surface area (Å²) in [6, 6.07) is 15.7. The Kier molecular flexibility index (Phi) is 6.77. The van der Waals surface area contributed by atoms with Crippen LogP contribution in [0.3, 0.4) is 0 Å². The van der Waals surface area contributed by atoms with Crippen LogP contribution in [0, 0.1) is 6.92 Å². The van der Waals surface area contributed by atoms with Crippen molar-refractivity contribution < 1.29 is 14.3 Å². The predicted octanol–water partition coefficient (Wildman–Crippen LogP) is 5.04. The number of thiazole rings is 1. The number of hydrogen-bond acceptors (Lipinski definition) is 5. The molecular weight excluding hydrogens is 384 g/mol. The van der Waals surface area contributed by atoms with Crippen LogP contribution in [0.4, 0.5) is 5.69 Å². The maximum Gasteiger partial charge on any atom is 0.350 e. The van der Waals surface area contributed by atoms with Gasteiger partial charge in [0.2, 0.25) is 0 Å². The molecule has 0 atom stereocenters. The number of para-hydroxylation sites is 1. The number of rotatable bonds is 7. The Hall–Kier alpha value is -2.99. The highest BCUT2D eigenvalue weighted by atomic mass is 32.1. The Morgan fingerprint density at radius 1 is 1.03 bits per heavy atom. The van der Waals surface area contributed by atoms with Gasteiger partial charge in [-0.25, -0.2) is 9.78 Å². The summed E-state index contributed by atoms with van der Waals surface area (Å²) in [5.41, 5.74) is 4.58. The third-order valence-corrected chi connectivity index (χ3v) is 5.78. The van der Waals surface area contributed by atoms with Crippen LogP contribution in [0.15, 0.2) is 48.5 Å². The molecule has 6 heteroatoms. The topological polar surface area (TPSA) is 68.3 Å². The Morgan fingerprint density at radius 2 is 1.76 bits per heavy atom. The van der Waals surface area contributed by atoms with Gasteiger partial charge in [0.15, 0.2) is 6.61 Å². The number of ether oxygens (including phenoxy) is 1. The molecule has 1 amide bonds. The lowest BCUT2D eigenvalue weighted by molar-refractivity contribution is -0.119. The van der Waals surface area contributed by atoms with Crippen LogP contribution < -0.4 is 5.32 Å². The van der Waals surface area contributed by atoms with Crippen LogP contribution in [-0.4, -0.2) is 23.5 Å². The molecule has 3 aromatic rings. The summed E-state index contributed by atoms with van der Waals surface area (Å²) in [5.74, 6) is -0.896. The molecule has 0 saturated heterocycles. The Labute approximate surface area is 174 Å². The fourth-order valence-corrected chi connectivity index (χ4v) is 3.89. The highest BCUT2D eigenvalue weighted by molar-refractivity contribution is 7.17. The standard InChI is InChI=1S/C23H24N2O3S/c1-4-16-10-12-18(13-11-16)22-24-15(3)21(29-22)23(27)28-14-20(26)25-19-9-7-6-8-17(19)5-2/h6-13H,4-5,14H2,1-3H3,(H,25,26). The summed E-state index contributed by atoms with van der Waals surface area (Å²) in [6.07, 6.45) is 1.78. The predicted molar refractivity (Wildman–Crippen MR) is 116 cm³/mol. The minimum absolute atomic E-state index is 0.339. The molecule has 0 aliphatic heterocycles. The lowest BCUT2D eigenvalue weighted by Gasteiger charge is -2.09. The van der Waals surface area contributed by atoms with Crippen molar-refractivity contribution in [1.29, 1.82) is 0 Å². The van der Waals surface area contributed by atoms with E-state index in [-0.39, 0.29) is 12.5 Å². The molecule has 0 spiro atoms. The highest BCUT2D eigenvalue weighted by Gasteiger charge is 2.19. The zero-order valence-electron chi connectivity index (χ0n) is 16.8. The van der Waals surface area contributed by atoms with Gasteiger partial charge >= 0.3 is 5.97 Å². The third-order valence-electron chi connectivity index (χ3n) is 4.60. The second-order valence-electron chi connectivity index (χ2n) is 6.62. The first-order valence-corrected chi connectivity index (χ1v) is 10.4. The summed E-state index contributed by atoms with van der Waals surface area (Å²) >= 11 is 1.28. The maximum atomic E-state index is 12.5. The number of anilines is 1. The number of aromatic nitrogens is 1. The van der Waals surface area contributed by atoms with E-state index in [0.29, 0.717) is 10.6 Å². The zero-order valence-corrected chi connectivity index (χ0v) is 17.6. The summed E-state index contributed by atoms with van der Waals surface area (Å²) in [6.45, 7) is 5.56. The number of carbonyl (C=O) groups excluding carboxylic acids is 2. The molecule has 29 heavy (non-hydrogen) atoms. The molecule has 0 aliphatic rings. The first-order valence-electron chi connectivity index (χ1n) is 9.63. The fraction of sp³-hybridized carbons (Fsp3) is 0.261. The quantitative estimate of drug-likeness (QED) is 0.556. The van der Waals surface area contributed by atoms with E-state index in [1.165, 1.54) is 16.9 Å². The van der Waals surface area contributed by atoms with Gasteiger partial charge in [-0.3, -0.25) is 4.79 Å². The Morgan fingerprint density at radius 3 is 2.45 bits per heavy atom. The van der Waals surface area contributed by atoms with E-state index >= 15 is 0 Å². The number of benzene rings is 2. The molecule has 0 radical (unpaired) electrons. The van der Waals surface area contributed by atoms with Gasteiger partial charge in [-0.1, -0.05) is 56.3 Å². The second kappa shape index (κ2) is 9.47. The zero-order chi connectivity index (χ0) is 20.8. The van der Waals surface area contributed by atoms with Crippen LogP contribution in [0.5, 0.6) is 0 Å². The average molecular weight is 409 g/mol. The van der Waals surface area contributed by atoms with E-state index in [1.807, 2.05) is 43.3 Å². The van der Waals surface area contributed by atoms with Crippen molar-refractivity contribution in [3.63, 3.8) is 0 Å². The van der Waals surface area contributed by atoms with Gasteiger partial charge in [0.1, 0.15) is 9.88 Å². The van der Waals surface area contributed by atoms with Crippen molar-refractivity contribution >= 4 is 28.9 Å². The van der Waals surface area contributed by atoms with Crippen molar-refractivity contribution in [1.82, 2.24) is 4.98 Å². The van der Waals surface area contributed by atoms with Crippen molar-refractivity contribution in [2.75, 3.05) is 11.9 Å². The molecule has 2 aromatic carbocycles. The molecule has 3 rings (SSSR count). The van der Waals surface area contributed by atoms with Crippen molar-refractivity contribution in [3.8, 4) is 10.6 Å². The monoisotopic (exact) mass is 408 g/mol. The van der Waals surface area contributed by atoms with Gasteiger partial charge < -0.3 is 10.1 Å². The SMILES string of the molecule is CCc1ccc(-c2nc(C)c(C(=O)OCC(=O)Nc3ccccc3CC)s2)cc1. The molecule has 5 nitrogen and oxygen atoms in total. The minimum atomic E-state index is -0.532. The van der Waals surface area contributed by atoms with Gasteiger partial charge in [-0.05, 0) is 37.0 Å². The Balaban J connectivity index is 1.63. The molecule has 150 valence electrons. The molecule has 0 unspecified atom stereocenters. The first-order chi connectivity index (χ1) is 14.0. The van der Waals surface area contributed by atoms with Crippen LogP contribution in [0.25, 0.3) is 10.6 Å². The van der Waals surface area contributed by atoms with Crippen molar-refractivity contribution in [2.24, 2.45) is 0 Å². The van der Waals surface area contributed by atoms with Gasteiger partial charge in [0.05, 0.1) is 5.69 Å². The molecular formula is C23H24N2O3S. The minimum Gasteiger partial charge on any atom is -0.451 e. The van der Waals surface area contributed by atoms with Crippen LogP contribution in [0.1, 0.15) is 40.3 Å². The average Bonchev–Trinajstić information content (AvgIpc) is 3.14. The molecule has 1 heterocycles. The van der Waals surface area contributed by atoms with Crippen LogP contribution in [-0.2, 0) is 22.4 Å². The van der Waals surface area contributed by atoms with E-state index in [2.05, 4.69) is 29.4 Å². The van der Waals surface area contributed by atoms with Crippen molar-refractivity contribution in [2.45, 2.75) is 33.6 Å². The summed E-state index contributed by atoms with van der Waals surface area (Å²) in [4.78, 5) is 29.6. The molecule has 0 fully saturated rings. The van der Waals surface area contributed by atoms with E-state index in [4.69, 9.17) is 4.74 Å². The molecule has 0 aliphatic carbocycles. The number of hydrogen-bond donors (Lipinski definition) is 1. The van der Waals surface area contributed by atoms with Crippen LogP contribution >= 0.6 is 11.3 Å². The van der Waals surface area contributed by atoms with E-state index in [1.54, 1.807) is 6.92 Å². The molecule has 0 saturated carbocycles. The summed E-state index contributed by atoms with van der Waals surface area (Å²) in [5, 5.41) is 3.56. The van der Waals surface area contributed by atoms with E-state index in [9.17, 15) is 9.59 Å². The molecule has 1 N–H and O–H groups in total. The van der Waals surface area contributed by atoms with Gasteiger partial charge in [-0.2, -0.15) is 0 Å². The van der Waals surface area contributed by atoms with E-state index < -0.39 is 5.97 Å². The first kappa shape index (κ1) is 20.7. The molecule has 0 bridgehead atoms. The summed E-state index contributed by atoms with van der Waals surface area (Å²) < 4.78 is 5.22. The fourth-order valence-electron chi connectivity index (χ4n) is 2.93. The largest absolute Gasteiger partial charge is 0.451 e. The van der Waals surface area contributed by atoms with E-state index in [0.717, 1.165) is 34.7 Å². The normalized spacial score (nSPS) is 10.6. The number of carbonyl (C=O) groups is 2. The number of aryl methyl sites for hydroxylation is 3. The smallest absolute Gasteiger partial charge is 0.350 e. The lowest BCUT2D eigenvalue weighted by atomic mass is 10.1. The number of esters is 1. The third kappa shape index (κ3) is 5.09. The van der Waals surface area contributed by atoms with Gasteiger partial charge in [0.25, 0.3) is 5.91 Å². The second-order valence-corrected chi connectivity index (χ2v) is 7.62. The van der Waals surface area contributed by atoms with Gasteiger partial charge in [0, 0.05) is 11.3 Å². The van der Waals surface area contributed by atoms with Crippen LogP contribution in [0.2, 0.25) is 0 Å². The van der Waals surface area contributed by atoms with Gasteiger partial charge in [-0.15, -0.1) is 11.3 Å². The number of nitrogens with zero attached hydrogens (tertiary/aromatic N) is 1. The highest BCUT2D eigenvalue weighted by Crippen LogP contribution is 2.28. The lowest BCUT2D eigenvalue weighted by Crippen LogP contribution is -2.21. The summed E-state index contributed by atoms with van der Waals surface area (Å²) in [7, 11) is 0. The number of amides is 1. The Bertz CT molecular complexity index is 1010. The molecule has 1 aromatic heterocycles. The van der Waals surface area contributed by atoms with Crippen molar-refractivity contribution in [3.05, 3.63) is 70.2 Å².